The highest BCUT2D eigenvalue weighted by atomic mass is 35.5. The van der Waals surface area contributed by atoms with E-state index >= 15 is 0 Å². The molecule has 0 aliphatic rings. The third-order valence-corrected chi connectivity index (χ3v) is 4.65. The average molecular weight is 311 g/mol. The van der Waals surface area contributed by atoms with Gasteiger partial charge in [0.25, 0.3) is 0 Å². The minimum atomic E-state index is 0.265. The standard InChI is InChI=1S/C16H27ClN4/c1-7-12-14-15(20(6)19-12)21(13(18-14)8-9-17)10-11(2)16(3,4)5/h11H,7-10H2,1-6H3. The van der Waals surface area contributed by atoms with Crippen molar-refractivity contribution in [3.05, 3.63) is 11.5 Å². The van der Waals surface area contributed by atoms with Gasteiger partial charge in [0.1, 0.15) is 11.3 Å². The summed E-state index contributed by atoms with van der Waals surface area (Å²) in [5.74, 6) is 2.23. The highest BCUT2D eigenvalue weighted by Crippen LogP contribution is 2.29. The number of aryl methyl sites for hydroxylation is 3. The van der Waals surface area contributed by atoms with E-state index in [1.165, 1.54) is 0 Å². The van der Waals surface area contributed by atoms with E-state index in [4.69, 9.17) is 16.6 Å². The van der Waals surface area contributed by atoms with Crippen LogP contribution in [0.25, 0.3) is 11.2 Å². The van der Waals surface area contributed by atoms with Crippen LogP contribution in [-0.2, 0) is 26.4 Å². The largest absolute Gasteiger partial charge is 0.313 e. The number of hydrogen-bond donors (Lipinski definition) is 0. The summed E-state index contributed by atoms with van der Waals surface area (Å²) in [5.41, 5.74) is 3.51. The molecule has 0 bridgehead atoms. The van der Waals surface area contributed by atoms with E-state index in [-0.39, 0.29) is 5.41 Å². The smallest absolute Gasteiger partial charge is 0.158 e. The van der Waals surface area contributed by atoms with E-state index in [1.54, 1.807) is 0 Å². The van der Waals surface area contributed by atoms with Crippen LogP contribution in [0.2, 0.25) is 0 Å². The van der Waals surface area contributed by atoms with Crippen LogP contribution in [0.3, 0.4) is 0 Å². The molecule has 0 fully saturated rings. The molecule has 0 spiro atoms. The van der Waals surface area contributed by atoms with Crippen molar-refractivity contribution in [1.82, 2.24) is 19.3 Å². The lowest BCUT2D eigenvalue weighted by molar-refractivity contribution is 0.232. The van der Waals surface area contributed by atoms with Gasteiger partial charge in [0.15, 0.2) is 5.65 Å². The van der Waals surface area contributed by atoms with Crippen molar-refractivity contribution in [2.75, 3.05) is 5.88 Å². The van der Waals surface area contributed by atoms with E-state index in [9.17, 15) is 0 Å². The lowest BCUT2D eigenvalue weighted by atomic mass is 9.82. The molecule has 0 N–H and O–H groups in total. The van der Waals surface area contributed by atoms with Crippen molar-refractivity contribution < 1.29 is 0 Å². The molecule has 0 saturated carbocycles. The molecule has 2 aromatic heterocycles. The Morgan fingerprint density at radius 2 is 1.95 bits per heavy atom. The first-order valence-corrected chi connectivity index (χ1v) is 8.30. The van der Waals surface area contributed by atoms with Crippen LogP contribution in [0, 0.1) is 11.3 Å². The number of rotatable bonds is 5. The van der Waals surface area contributed by atoms with Crippen molar-refractivity contribution in [3.8, 4) is 0 Å². The highest BCUT2D eigenvalue weighted by Gasteiger charge is 2.24. The van der Waals surface area contributed by atoms with Crippen LogP contribution in [0.15, 0.2) is 0 Å². The second-order valence-electron chi connectivity index (χ2n) is 6.94. The van der Waals surface area contributed by atoms with Crippen LogP contribution < -0.4 is 0 Å². The van der Waals surface area contributed by atoms with Crippen molar-refractivity contribution >= 4 is 22.8 Å². The van der Waals surface area contributed by atoms with Gasteiger partial charge >= 0.3 is 0 Å². The van der Waals surface area contributed by atoms with E-state index in [0.717, 1.165) is 42.1 Å². The molecule has 21 heavy (non-hydrogen) atoms. The Hall–Kier alpha value is -1.03. The van der Waals surface area contributed by atoms with E-state index < -0.39 is 0 Å². The first kappa shape index (κ1) is 16.3. The Kier molecular flexibility index (Phi) is 4.66. The zero-order chi connectivity index (χ0) is 15.8. The molecular formula is C16H27ClN4. The summed E-state index contributed by atoms with van der Waals surface area (Å²) in [5, 5.41) is 4.60. The summed E-state index contributed by atoms with van der Waals surface area (Å²) < 4.78 is 4.29. The topological polar surface area (TPSA) is 35.6 Å². The predicted octanol–water partition coefficient (Wildman–Crippen LogP) is 3.80. The van der Waals surface area contributed by atoms with Crippen LogP contribution in [0.4, 0.5) is 0 Å². The lowest BCUT2D eigenvalue weighted by Crippen LogP contribution is -2.24. The van der Waals surface area contributed by atoms with Gasteiger partial charge in [-0.2, -0.15) is 5.10 Å². The Bertz CT molecular complexity index is 618. The van der Waals surface area contributed by atoms with Crippen molar-refractivity contribution in [1.29, 1.82) is 0 Å². The summed E-state index contributed by atoms with van der Waals surface area (Å²) in [7, 11) is 2.01. The normalized spacial score (nSPS) is 14.0. The summed E-state index contributed by atoms with van der Waals surface area (Å²) in [6.07, 6.45) is 1.71. The number of fused-ring (bicyclic) bond motifs is 1. The molecule has 4 nitrogen and oxygen atoms in total. The first-order valence-electron chi connectivity index (χ1n) is 7.76. The molecule has 1 unspecified atom stereocenters. The van der Waals surface area contributed by atoms with Gasteiger partial charge in [-0.3, -0.25) is 4.68 Å². The van der Waals surface area contributed by atoms with Crippen LogP contribution >= 0.6 is 11.6 Å². The molecule has 0 aromatic carbocycles. The van der Waals surface area contributed by atoms with E-state index in [0.29, 0.717) is 11.8 Å². The minimum absolute atomic E-state index is 0.265. The van der Waals surface area contributed by atoms with Gasteiger partial charge in [0.2, 0.25) is 0 Å². The fourth-order valence-corrected chi connectivity index (χ4v) is 2.71. The Morgan fingerprint density at radius 3 is 2.48 bits per heavy atom. The van der Waals surface area contributed by atoms with E-state index in [2.05, 4.69) is 44.3 Å². The highest BCUT2D eigenvalue weighted by molar-refractivity contribution is 6.17. The van der Waals surface area contributed by atoms with Crippen molar-refractivity contribution in [2.24, 2.45) is 18.4 Å². The van der Waals surface area contributed by atoms with Gasteiger partial charge < -0.3 is 4.57 Å². The Labute approximate surface area is 132 Å². The molecule has 0 amide bonds. The predicted molar refractivity (Wildman–Crippen MR) is 88.9 cm³/mol. The number of alkyl halides is 1. The lowest BCUT2D eigenvalue weighted by Gasteiger charge is -2.28. The number of halogens is 1. The fourth-order valence-electron chi connectivity index (χ4n) is 2.54. The van der Waals surface area contributed by atoms with Gasteiger partial charge in [-0.15, -0.1) is 11.6 Å². The van der Waals surface area contributed by atoms with Gasteiger partial charge in [-0.25, -0.2) is 4.98 Å². The molecule has 5 heteroatoms. The van der Waals surface area contributed by atoms with Crippen LogP contribution in [0.5, 0.6) is 0 Å². The van der Waals surface area contributed by atoms with E-state index in [1.807, 2.05) is 11.7 Å². The van der Waals surface area contributed by atoms with Gasteiger partial charge in [0.05, 0.1) is 5.69 Å². The van der Waals surface area contributed by atoms with Crippen LogP contribution in [-0.4, -0.2) is 25.2 Å². The molecule has 2 rings (SSSR count). The quantitative estimate of drug-likeness (QED) is 0.788. The summed E-state index contributed by atoms with van der Waals surface area (Å²) in [4.78, 5) is 4.82. The van der Waals surface area contributed by atoms with Gasteiger partial charge in [-0.05, 0) is 17.8 Å². The van der Waals surface area contributed by atoms with Gasteiger partial charge in [-0.1, -0.05) is 34.6 Å². The Balaban J connectivity index is 2.53. The minimum Gasteiger partial charge on any atom is -0.313 e. The maximum atomic E-state index is 5.97. The van der Waals surface area contributed by atoms with Gasteiger partial charge in [0, 0.05) is 25.9 Å². The summed E-state index contributed by atoms with van der Waals surface area (Å²) in [6, 6.07) is 0. The third kappa shape index (κ3) is 3.10. The molecule has 0 aliphatic carbocycles. The Morgan fingerprint density at radius 1 is 1.29 bits per heavy atom. The number of imidazole rings is 1. The zero-order valence-corrected chi connectivity index (χ0v) is 14.8. The molecule has 1 atom stereocenters. The molecule has 0 radical (unpaired) electrons. The molecule has 0 aliphatic heterocycles. The first-order chi connectivity index (χ1) is 9.79. The molecule has 0 saturated heterocycles. The fraction of sp³-hybridized carbons (Fsp3) is 0.750. The molecule has 118 valence electrons. The maximum absolute atomic E-state index is 5.97. The summed E-state index contributed by atoms with van der Waals surface area (Å²) in [6.45, 7) is 12.2. The summed E-state index contributed by atoms with van der Waals surface area (Å²) >= 11 is 5.97. The number of aromatic nitrogens is 4. The number of nitrogens with zero attached hydrogens (tertiary/aromatic N) is 4. The third-order valence-electron chi connectivity index (χ3n) is 4.46. The average Bonchev–Trinajstić information content (AvgIpc) is 2.88. The maximum Gasteiger partial charge on any atom is 0.158 e. The second-order valence-corrected chi connectivity index (χ2v) is 7.32. The molecule has 2 aromatic rings. The van der Waals surface area contributed by atoms with Crippen molar-refractivity contribution in [3.63, 3.8) is 0 Å². The monoisotopic (exact) mass is 310 g/mol. The zero-order valence-electron chi connectivity index (χ0n) is 14.1. The number of hydrogen-bond acceptors (Lipinski definition) is 2. The molecular weight excluding hydrogens is 284 g/mol. The van der Waals surface area contributed by atoms with Crippen LogP contribution in [0.1, 0.15) is 46.1 Å². The van der Waals surface area contributed by atoms with Crippen molar-refractivity contribution in [2.45, 2.75) is 54.0 Å². The molecule has 2 heterocycles. The second kappa shape index (κ2) is 5.99. The SMILES string of the molecule is CCc1nn(C)c2c1nc(CCCl)n2CC(C)C(C)(C)C.